The van der Waals surface area contributed by atoms with Crippen LogP contribution in [0.2, 0.25) is 0 Å². The molecule has 0 aliphatic carbocycles. The maximum Gasteiger partial charge on any atom is 0.253 e. The lowest BCUT2D eigenvalue weighted by atomic mass is 10.1. The molecule has 7 heteroatoms. The van der Waals surface area contributed by atoms with Gasteiger partial charge in [0.05, 0.1) is 18.7 Å². The molecule has 2 rings (SSSR count). The number of rotatable bonds is 7. The Kier molecular flexibility index (Phi) is 7.66. The van der Waals surface area contributed by atoms with Crippen molar-refractivity contribution in [2.75, 3.05) is 31.5 Å². The summed E-state index contributed by atoms with van der Waals surface area (Å²) in [5, 5.41) is 9.08. The molecule has 0 bridgehead atoms. The SMILES string of the molecule is CCCCNC(=O)c1cc(F)ccc1NCC1=NCCN1.Cl. The number of unbranched alkanes of at least 4 members (excludes halogenated alkanes) is 1. The van der Waals surface area contributed by atoms with Crippen molar-refractivity contribution >= 4 is 29.8 Å². The molecule has 1 aliphatic rings. The van der Waals surface area contributed by atoms with Crippen LogP contribution in [0.15, 0.2) is 23.2 Å². The summed E-state index contributed by atoms with van der Waals surface area (Å²) >= 11 is 0. The maximum absolute atomic E-state index is 13.4. The van der Waals surface area contributed by atoms with Crippen LogP contribution in [0.5, 0.6) is 0 Å². The zero-order valence-electron chi connectivity index (χ0n) is 12.6. The third-order valence-electron chi connectivity index (χ3n) is 3.23. The molecule has 0 saturated heterocycles. The second kappa shape index (κ2) is 9.25. The fourth-order valence-corrected chi connectivity index (χ4v) is 2.08. The topological polar surface area (TPSA) is 65.5 Å². The van der Waals surface area contributed by atoms with E-state index in [1.54, 1.807) is 6.07 Å². The lowest BCUT2D eigenvalue weighted by Crippen LogP contribution is -2.28. The van der Waals surface area contributed by atoms with Gasteiger partial charge in [0.15, 0.2) is 0 Å². The van der Waals surface area contributed by atoms with E-state index in [9.17, 15) is 9.18 Å². The van der Waals surface area contributed by atoms with Gasteiger partial charge in [-0.25, -0.2) is 4.39 Å². The number of nitrogens with zero attached hydrogens (tertiary/aromatic N) is 1. The zero-order chi connectivity index (χ0) is 15.1. The van der Waals surface area contributed by atoms with E-state index in [1.807, 2.05) is 0 Å². The summed E-state index contributed by atoms with van der Waals surface area (Å²) < 4.78 is 13.4. The molecule has 1 amide bonds. The molecule has 0 radical (unpaired) electrons. The summed E-state index contributed by atoms with van der Waals surface area (Å²) in [5.41, 5.74) is 0.937. The second-order valence-corrected chi connectivity index (χ2v) is 4.91. The van der Waals surface area contributed by atoms with E-state index in [0.717, 1.165) is 31.8 Å². The molecule has 0 unspecified atom stereocenters. The Morgan fingerprint density at radius 1 is 1.45 bits per heavy atom. The van der Waals surface area contributed by atoms with Crippen molar-refractivity contribution in [1.82, 2.24) is 10.6 Å². The van der Waals surface area contributed by atoms with Crippen LogP contribution in [0.4, 0.5) is 10.1 Å². The van der Waals surface area contributed by atoms with Gasteiger partial charge in [0, 0.05) is 18.8 Å². The zero-order valence-corrected chi connectivity index (χ0v) is 13.4. The molecular weight excluding hydrogens is 307 g/mol. The Bertz CT molecular complexity index is 536. The number of carbonyl (C=O) groups excluding carboxylic acids is 1. The second-order valence-electron chi connectivity index (χ2n) is 4.91. The molecule has 1 heterocycles. The Hall–Kier alpha value is -1.82. The fourth-order valence-electron chi connectivity index (χ4n) is 2.08. The number of benzene rings is 1. The Labute approximate surface area is 136 Å². The highest BCUT2D eigenvalue weighted by molar-refractivity contribution is 6.00. The van der Waals surface area contributed by atoms with Crippen LogP contribution in [-0.2, 0) is 0 Å². The molecule has 0 aromatic heterocycles. The summed E-state index contributed by atoms with van der Waals surface area (Å²) in [6.45, 7) is 4.76. The minimum Gasteiger partial charge on any atom is -0.377 e. The molecular formula is C15H22ClFN4O. The van der Waals surface area contributed by atoms with E-state index in [0.29, 0.717) is 24.3 Å². The van der Waals surface area contributed by atoms with Crippen LogP contribution >= 0.6 is 12.4 Å². The lowest BCUT2D eigenvalue weighted by Gasteiger charge is -2.12. The van der Waals surface area contributed by atoms with Gasteiger partial charge in [-0.3, -0.25) is 9.79 Å². The average Bonchev–Trinajstić information content (AvgIpc) is 2.99. The van der Waals surface area contributed by atoms with Crippen LogP contribution in [0, 0.1) is 5.82 Å². The van der Waals surface area contributed by atoms with Gasteiger partial charge in [0.2, 0.25) is 0 Å². The smallest absolute Gasteiger partial charge is 0.253 e. The third kappa shape index (κ3) is 5.18. The highest BCUT2D eigenvalue weighted by Crippen LogP contribution is 2.17. The number of carbonyl (C=O) groups is 1. The predicted octanol–water partition coefficient (Wildman–Crippen LogP) is 2.19. The first-order valence-electron chi connectivity index (χ1n) is 7.29. The molecule has 0 spiro atoms. The molecule has 0 atom stereocenters. The molecule has 1 aliphatic heterocycles. The normalized spacial score (nSPS) is 12.9. The van der Waals surface area contributed by atoms with Gasteiger partial charge in [0.1, 0.15) is 11.7 Å². The van der Waals surface area contributed by atoms with Crippen molar-refractivity contribution in [3.05, 3.63) is 29.6 Å². The Balaban J connectivity index is 0.00000242. The van der Waals surface area contributed by atoms with Gasteiger partial charge in [-0.1, -0.05) is 13.3 Å². The first-order chi connectivity index (χ1) is 10.2. The standard InChI is InChI=1S/C15H21FN4O.ClH/c1-2-3-6-19-15(21)12-9-11(16)4-5-13(12)20-10-14-17-7-8-18-14;/h4-5,9,20H,2-3,6-8,10H2,1H3,(H,17,18)(H,19,21);1H. The molecule has 5 nitrogen and oxygen atoms in total. The molecule has 3 N–H and O–H groups in total. The number of amidine groups is 1. The fraction of sp³-hybridized carbons (Fsp3) is 0.467. The van der Waals surface area contributed by atoms with Crippen molar-refractivity contribution in [3.63, 3.8) is 0 Å². The van der Waals surface area contributed by atoms with E-state index in [1.165, 1.54) is 12.1 Å². The van der Waals surface area contributed by atoms with Gasteiger partial charge in [-0.05, 0) is 24.6 Å². The molecule has 0 saturated carbocycles. The Morgan fingerprint density at radius 3 is 2.95 bits per heavy atom. The maximum atomic E-state index is 13.4. The van der Waals surface area contributed by atoms with Crippen LogP contribution in [0.3, 0.4) is 0 Å². The predicted molar refractivity (Wildman–Crippen MR) is 89.7 cm³/mol. The van der Waals surface area contributed by atoms with Gasteiger partial charge < -0.3 is 16.0 Å². The van der Waals surface area contributed by atoms with E-state index < -0.39 is 5.82 Å². The molecule has 0 fully saturated rings. The van der Waals surface area contributed by atoms with Crippen molar-refractivity contribution < 1.29 is 9.18 Å². The van der Waals surface area contributed by atoms with Crippen LogP contribution in [-0.4, -0.2) is 37.9 Å². The van der Waals surface area contributed by atoms with E-state index >= 15 is 0 Å². The van der Waals surface area contributed by atoms with Crippen LogP contribution in [0.25, 0.3) is 0 Å². The Morgan fingerprint density at radius 2 is 2.27 bits per heavy atom. The minimum atomic E-state index is -0.419. The van der Waals surface area contributed by atoms with Gasteiger partial charge in [0.25, 0.3) is 5.91 Å². The molecule has 22 heavy (non-hydrogen) atoms. The number of aliphatic imine (C=N–C) groups is 1. The van der Waals surface area contributed by atoms with Gasteiger partial charge in [-0.15, -0.1) is 12.4 Å². The van der Waals surface area contributed by atoms with Crippen LogP contribution in [0.1, 0.15) is 30.1 Å². The summed E-state index contributed by atoms with van der Waals surface area (Å²) in [5.74, 6) is 0.181. The third-order valence-corrected chi connectivity index (χ3v) is 3.23. The summed E-state index contributed by atoms with van der Waals surface area (Å²) in [7, 11) is 0. The minimum absolute atomic E-state index is 0. The molecule has 122 valence electrons. The summed E-state index contributed by atoms with van der Waals surface area (Å²) in [6.07, 6.45) is 1.91. The number of halogens is 2. The summed E-state index contributed by atoms with van der Waals surface area (Å²) in [4.78, 5) is 16.4. The van der Waals surface area contributed by atoms with E-state index in [2.05, 4.69) is 27.9 Å². The molecule has 1 aromatic rings. The van der Waals surface area contributed by atoms with Crippen molar-refractivity contribution in [2.24, 2.45) is 4.99 Å². The highest BCUT2D eigenvalue weighted by Gasteiger charge is 2.13. The highest BCUT2D eigenvalue weighted by atomic mass is 35.5. The quantitative estimate of drug-likeness (QED) is 0.672. The molecule has 1 aromatic carbocycles. The van der Waals surface area contributed by atoms with E-state index in [-0.39, 0.29) is 18.3 Å². The number of amides is 1. The number of nitrogens with one attached hydrogen (secondary N) is 3. The van der Waals surface area contributed by atoms with Crippen molar-refractivity contribution in [1.29, 1.82) is 0 Å². The number of anilines is 1. The van der Waals surface area contributed by atoms with Crippen molar-refractivity contribution in [2.45, 2.75) is 19.8 Å². The van der Waals surface area contributed by atoms with Crippen LogP contribution < -0.4 is 16.0 Å². The van der Waals surface area contributed by atoms with Gasteiger partial charge in [-0.2, -0.15) is 0 Å². The average molecular weight is 329 g/mol. The summed E-state index contributed by atoms with van der Waals surface area (Å²) in [6, 6.07) is 4.18. The monoisotopic (exact) mass is 328 g/mol. The van der Waals surface area contributed by atoms with Gasteiger partial charge >= 0.3 is 0 Å². The van der Waals surface area contributed by atoms with E-state index in [4.69, 9.17) is 0 Å². The first kappa shape index (κ1) is 18.2. The number of hydrogen-bond donors (Lipinski definition) is 3. The first-order valence-corrected chi connectivity index (χ1v) is 7.29. The lowest BCUT2D eigenvalue weighted by molar-refractivity contribution is 0.0953. The number of hydrogen-bond acceptors (Lipinski definition) is 4. The van der Waals surface area contributed by atoms with Crippen molar-refractivity contribution in [3.8, 4) is 0 Å². The largest absolute Gasteiger partial charge is 0.377 e.